The number of primary sulfonamides is 1. The van der Waals surface area contributed by atoms with E-state index in [2.05, 4.69) is 21.2 Å². The lowest BCUT2D eigenvalue weighted by Crippen LogP contribution is -2.19. The van der Waals surface area contributed by atoms with Gasteiger partial charge in [0, 0.05) is 4.47 Å². The summed E-state index contributed by atoms with van der Waals surface area (Å²) in [5, 5.41) is 7.69. The van der Waals surface area contributed by atoms with Crippen LogP contribution in [0.2, 0.25) is 0 Å². The second-order valence-electron chi connectivity index (χ2n) is 4.40. The number of carbonyl (C=O) groups excluding carboxylic acids is 1. The van der Waals surface area contributed by atoms with Crippen LogP contribution in [0.15, 0.2) is 57.9 Å². The second kappa shape index (κ2) is 6.38. The zero-order valence-corrected chi connectivity index (χ0v) is 13.3. The first-order valence-electron chi connectivity index (χ1n) is 6.02. The topological polar surface area (TPSA) is 89.3 Å². The molecule has 0 aliphatic rings. The molecule has 0 atom stereocenters. The first kappa shape index (κ1) is 15.7. The van der Waals surface area contributed by atoms with Gasteiger partial charge < -0.3 is 5.32 Å². The van der Waals surface area contributed by atoms with E-state index in [1.54, 1.807) is 12.1 Å². The van der Waals surface area contributed by atoms with Gasteiger partial charge in [-0.2, -0.15) is 0 Å². The van der Waals surface area contributed by atoms with Crippen molar-refractivity contribution in [2.75, 3.05) is 5.32 Å². The van der Waals surface area contributed by atoms with E-state index >= 15 is 0 Å². The van der Waals surface area contributed by atoms with Crippen molar-refractivity contribution in [2.45, 2.75) is 11.3 Å². The molecule has 0 aromatic heterocycles. The molecular weight excluding hydrogens is 356 g/mol. The van der Waals surface area contributed by atoms with Crippen LogP contribution in [0.25, 0.3) is 0 Å². The molecule has 0 bridgehead atoms. The summed E-state index contributed by atoms with van der Waals surface area (Å²) in [4.78, 5) is 11.9. The highest BCUT2D eigenvalue weighted by Crippen LogP contribution is 2.20. The fourth-order valence-corrected chi connectivity index (χ4v) is 2.99. The van der Waals surface area contributed by atoms with E-state index in [1.165, 1.54) is 12.1 Å². The molecular formula is C14H13BrN2O3S. The molecule has 0 saturated carbocycles. The van der Waals surface area contributed by atoms with Gasteiger partial charge in [0.15, 0.2) is 0 Å². The maximum absolute atomic E-state index is 12.0. The number of rotatable bonds is 4. The van der Waals surface area contributed by atoms with E-state index in [0.717, 1.165) is 10.0 Å². The standard InChI is InChI=1S/C14H13BrN2O3S/c15-11-5-3-4-10(8-11)9-14(18)17-12-6-1-2-7-13(12)21(16,19)20/h1-8H,9H2,(H,17,18)(H2,16,19,20). The number of benzene rings is 2. The first-order chi connectivity index (χ1) is 9.86. The van der Waals surface area contributed by atoms with Crippen LogP contribution in [-0.4, -0.2) is 14.3 Å². The Morgan fingerprint density at radius 1 is 1.14 bits per heavy atom. The van der Waals surface area contributed by atoms with Crippen molar-refractivity contribution in [3.63, 3.8) is 0 Å². The largest absolute Gasteiger partial charge is 0.325 e. The SMILES string of the molecule is NS(=O)(=O)c1ccccc1NC(=O)Cc1cccc(Br)c1. The summed E-state index contributed by atoms with van der Waals surface area (Å²) in [6.45, 7) is 0. The molecule has 21 heavy (non-hydrogen) atoms. The third kappa shape index (κ3) is 4.38. The highest BCUT2D eigenvalue weighted by atomic mass is 79.9. The van der Waals surface area contributed by atoms with Crippen molar-refractivity contribution in [1.29, 1.82) is 0 Å². The number of hydrogen-bond acceptors (Lipinski definition) is 3. The number of amides is 1. The first-order valence-corrected chi connectivity index (χ1v) is 8.36. The van der Waals surface area contributed by atoms with Crippen LogP contribution in [0.3, 0.4) is 0 Å². The Bertz CT molecular complexity index is 775. The lowest BCUT2D eigenvalue weighted by Gasteiger charge is -2.09. The molecule has 0 heterocycles. The molecule has 5 nitrogen and oxygen atoms in total. The number of halogens is 1. The van der Waals surface area contributed by atoms with Crippen LogP contribution in [0, 0.1) is 0 Å². The number of nitrogens with one attached hydrogen (secondary N) is 1. The fraction of sp³-hybridized carbons (Fsp3) is 0.0714. The van der Waals surface area contributed by atoms with Gasteiger partial charge >= 0.3 is 0 Å². The lowest BCUT2D eigenvalue weighted by atomic mass is 10.1. The van der Waals surface area contributed by atoms with Crippen LogP contribution in [0.5, 0.6) is 0 Å². The minimum Gasteiger partial charge on any atom is -0.325 e. The van der Waals surface area contributed by atoms with E-state index in [4.69, 9.17) is 5.14 Å². The van der Waals surface area contributed by atoms with Gasteiger partial charge in [0.25, 0.3) is 0 Å². The molecule has 0 aliphatic heterocycles. The van der Waals surface area contributed by atoms with Gasteiger partial charge in [-0.15, -0.1) is 0 Å². The predicted molar refractivity (Wildman–Crippen MR) is 84.3 cm³/mol. The Kier molecular flexibility index (Phi) is 4.76. The Hall–Kier alpha value is -1.70. The Balaban J connectivity index is 2.17. The Labute approximate surface area is 131 Å². The molecule has 0 fully saturated rings. The second-order valence-corrected chi connectivity index (χ2v) is 6.84. The zero-order chi connectivity index (χ0) is 15.5. The van der Waals surface area contributed by atoms with Gasteiger partial charge in [-0.05, 0) is 29.8 Å². The average molecular weight is 369 g/mol. The van der Waals surface area contributed by atoms with Gasteiger partial charge in [-0.3, -0.25) is 4.79 Å². The zero-order valence-electron chi connectivity index (χ0n) is 10.9. The van der Waals surface area contributed by atoms with E-state index in [-0.39, 0.29) is 22.9 Å². The molecule has 0 radical (unpaired) electrons. The number of para-hydroxylation sites is 1. The minimum atomic E-state index is -3.88. The maximum Gasteiger partial charge on any atom is 0.240 e. The van der Waals surface area contributed by atoms with Crippen molar-refractivity contribution >= 4 is 37.5 Å². The summed E-state index contributed by atoms with van der Waals surface area (Å²) in [7, 11) is -3.88. The highest BCUT2D eigenvalue weighted by molar-refractivity contribution is 9.10. The molecule has 110 valence electrons. The van der Waals surface area contributed by atoms with Crippen molar-refractivity contribution in [3.8, 4) is 0 Å². The summed E-state index contributed by atoms with van der Waals surface area (Å²) in [6, 6.07) is 13.3. The van der Waals surface area contributed by atoms with Crippen LogP contribution in [0.4, 0.5) is 5.69 Å². The van der Waals surface area contributed by atoms with Crippen LogP contribution < -0.4 is 10.5 Å². The number of anilines is 1. The Morgan fingerprint density at radius 3 is 2.52 bits per heavy atom. The van der Waals surface area contributed by atoms with E-state index in [1.807, 2.05) is 24.3 Å². The third-order valence-corrected chi connectivity index (χ3v) is 4.18. The van der Waals surface area contributed by atoms with Gasteiger partial charge in [-0.25, -0.2) is 13.6 Å². The van der Waals surface area contributed by atoms with Gasteiger partial charge in [-0.1, -0.05) is 40.2 Å². The van der Waals surface area contributed by atoms with Crippen LogP contribution in [0.1, 0.15) is 5.56 Å². The Morgan fingerprint density at radius 2 is 1.86 bits per heavy atom. The minimum absolute atomic E-state index is 0.104. The fourth-order valence-electron chi connectivity index (χ4n) is 1.84. The van der Waals surface area contributed by atoms with Crippen LogP contribution in [-0.2, 0) is 21.2 Å². The molecule has 0 saturated heterocycles. The molecule has 0 spiro atoms. The molecule has 0 aliphatic carbocycles. The molecule has 1 amide bonds. The summed E-state index contributed by atoms with van der Waals surface area (Å²) in [6.07, 6.45) is 0.137. The average Bonchev–Trinajstić information content (AvgIpc) is 2.37. The number of sulfonamides is 1. The van der Waals surface area contributed by atoms with Crippen molar-refractivity contribution < 1.29 is 13.2 Å². The molecule has 7 heteroatoms. The predicted octanol–water partition coefficient (Wildman–Crippen LogP) is 2.28. The monoisotopic (exact) mass is 368 g/mol. The summed E-state index contributed by atoms with van der Waals surface area (Å²) in [5.74, 6) is -0.316. The molecule has 2 aromatic carbocycles. The van der Waals surface area contributed by atoms with Crippen molar-refractivity contribution in [2.24, 2.45) is 5.14 Å². The van der Waals surface area contributed by atoms with Crippen molar-refractivity contribution in [3.05, 3.63) is 58.6 Å². The molecule has 2 aromatic rings. The maximum atomic E-state index is 12.0. The van der Waals surface area contributed by atoms with Gasteiger partial charge in [0.2, 0.25) is 15.9 Å². The van der Waals surface area contributed by atoms with E-state index < -0.39 is 10.0 Å². The molecule has 2 rings (SSSR count). The van der Waals surface area contributed by atoms with Crippen LogP contribution >= 0.6 is 15.9 Å². The van der Waals surface area contributed by atoms with E-state index in [0.29, 0.717) is 0 Å². The van der Waals surface area contributed by atoms with Gasteiger partial charge in [0.05, 0.1) is 12.1 Å². The number of carbonyl (C=O) groups is 1. The lowest BCUT2D eigenvalue weighted by molar-refractivity contribution is -0.115. The third-order valence-electron chi connectivity index (χ3n) is 2.72. The summed E-state index contributed by atoms with van der Waals surface area (Å²) in [5.41, 5.74) is 0.995. The van der Waals surface area contributed by atoms with Crippen molar-refractivity contribution in [1.82, 2.24) is 0 Å². The highest BCUT2D eigenvalue weighted by Gasteiger charge is 2.15. The summed E-state index contributed by atoms with van der Waals surface area (Å²) < 4.78 is 23.8. The normalized spacial score (nSPS) is 11.1. The quantitative estimate of drug-likeness (QED) is 0.867. The number of hydrogen-bond donors (Lipinski definition) is 2. The molecule has 3 N–H and O–H groups in total. The summed E-state index contributed by atoms with van der Waals surface area (Å²) >= 11 is 3.33. The van der Waals surface area contributed by atoms with Gasteiger partial charge in [0.1, 0.15) is 4.90 Å². The van der Waals surface area contributed by atoms with E-state index in [9.17, 15) is 13.2 Å². The number of nitrogens with two attached hydrogens (primary N) is 1. The molecule has 0 unspecified atom stereocenters. The smallest absolute Gasteiger partial charge is 0.240 e.